The van der Waals surface area contributed by atoms with E-state index in [0.717, 1.165) is 16.5 Å². The number of carbonyl (C=O) groups is 3. The highest BCUT2D eigenvalue weighted by atomic mass is 79.9. The van der Waals surface area contributed by atoms with E-state index in [4.69, 9.17) is 19.3 Å². The minimum Gasteiger partial charge on any atom is -0.447 e. The fourth-order valence-electron chi connectivity index (χ4n) is 3.77. The Morgan fingerprint density at radius 3 is 2.69 bits per heavy atom. The van der Waals surface area contributed by atoms with Crippen molar-refractivity contribution in [3.05, 3.63) is 46.5 Å². The fraction of sp³-hybridized carbons (Fsp3) is 0.500. The topological polar surface area (TPSA) is 123 Å². The van der Waals surface area contributed by atoms with Crippen molar-refractivity contribution in [2.24, 2.45) is 0 Å². The smallest absolute Gasteiger partial charge is 0.417 e. The predicted octanol–water partition coefficient (Wildman–Crippen LogP) is 1.69. The van der Waals surface area contributed by atoms with Crippen molar-refractivity contribution in [3.8, 4) is 0 Å². The van der Waals surface area contributed by atoms with Gasteiger partial charge in [0.15, 0.2) is 23.8 Å². The zero-order valence-corrected chi connectivity index (χ0v) is 19.2. The van der Waals surface area contributed by atoms with Crippen LogP contribution in [0.5, 0.6) is 0 Å². The molecule has 0 spiro atoms. The average Bonchev–Trinajstić information content (AvgIpc) is 3.13. The number of methoxy groups -OCH3 is 1. The average molecular weight is 512 g/mol. The van der Waals surface area contributed by atoms with Gasteiger partial charge in [-0.15, -0.1) is 0 Å². The van der Waals surface area contributed by atoms with Crippen LogP contribution in [0.2, 0.25) is 0 Å². The van der Waals surface area contributed by atoms with Crippen LogP contribution in [0.4, 0.5) is 4.79 Å². The second-order valence-electron chi connectivity index (χ2n) is 7.68. The van der Waals surface area contributed by atoms with Crippen LogP contribution in [0.3, 0.4) is 0 Å². The third kappa shape index (κ3) is 5.26. The quantitative estimate of drug-likeness (QED) is 0.480. The number of ether oxygens (including phenoxy) is 3. The van der Waals surface area contributed by atoms with E-state index >= 15 is 0 Å². The molecule has 0 aromatic heterocycles. The Kier molecular flexibility index (Phi) is 8.18. The van der Waals surface area contributed by atoms with E-state index in [1.807, 2.05) is 30.3 Å². The number of benzene rings is 1. The Morgan fingerprint density at radius 1 is 1.31 bits per heavy atom. The molecule has 174 valence electrons. The van der Waals surface area contributed by atoms with Crippen molar-refractivity contribution >= 4 is 33.7 Å². The summed E-state index contributed by atoms with van der Waals surface area (Å²) in [7, 11) is 1.23. The lowest BCUT2D eigenvalue weighted by Crippen LogP contribution is -2.56. The number of aliphatic hydroxyl groups excluding tert-OH is 1. The molecule has 1 aromatic rings. The van der Waals surface area contributed by atoms with E-state index in [-0.39, 0.29) is 24.1 Å². The van der Waals surface area contributed by atoms with Crippen LogP contribution in [-0.2, 0) is 30.2 Å². The molecule has 32 heavy (non-hydrogen) atoms. The van der Waals surface area contributed by atoms with Gasteiger partial charge >= 0.3 is 6.09 Å². The molecular formula is C22H26BrNO8. The van der Waals surface area contributed by atoms with Crippen molar-refractivity contribution in [2.75, 3.05) is 20.3 Å². The molecule has 1 saturated heterocycles. The van der Waals surface area contributed by atoms with E-state index in [2.05, 4.69) is 15.9 Å². The first-order chi connectivity index (χ1) is 15.3. The van der Waals surface area contributed by atoms with E-state index in [9.17, 15) is 19.5 Å². The number of nitrogens with zero attached hydrogens (tertiary/aromatic N) is 1. The van der Waals surface area contributed by atoms with E-state index in [1.165, 1.54) is 7.11 Å². The Labute approximate surface area is 194 Å². The molecule has 0 radical (unpaired) electrons. The number of amides is 2. The van der Waals surface area contributed by atoms with Gasteiger partial charge in [-0.1, -0.05) is 30.3 Å². The molecule has 3 rings (SSSR count). The Balaban J connectivity index is 1.80. The molecule has 10 heteroatoms. The first kappa shape index (κ1) is 24.5. The highest BCUT2D eigenvalue weighted by molar-refractivity contribution is 9.11. The molecule has 0 unspecified atom stereocenters. The van der Waals surface area contributed by atoms with Crippen molar-refractivity contribution < 1.29 is 38.8 Å². The van der Waals surface area contributed by atoms with Gasteiger partial charge in [0.05, 0.1) is 10.5 Å². The Bertz CT molecular complexity index is 876. The minimum atomic E-state index is -1.86. The van der Waals surface area contributed by atoms with Gasteiger partial charge < -0.3 is 24.4 Å². The maximum atomic E-state index is 13.3. The van der Waals surface area contributed by atoms with E-state index in [1.54, 1.807) is 0 Å². The molecule has 1 fully saturated rings. The highest BCUT2D eigenvalue weighted by Gasteiger charge is 2.50. The van der Waals surface area contributed by atoms with Crippen LogP contribution in [-0.4, -0.2) is 77.3 Å². The summed E-state index contributed by atoms with van der Waals surface area (Å²) in [6, 6.07) is 8.76. The Hall–Kier alpha value is -2.11. The minimum absolute atomic E-state index is 0.0198. The number of hydrogen-bond donors (Lipinski definition) is 2. The van der Waals surface area contributed by atoms with Gasteiger partial charge in [0.2, 0.25) is 0 Å². The van der Waals surface area contributed by atoms with Gasteiger partial charge in [0.25, 0.3) is 5.91 Å². The number of imide groups is 1. The third-order valence-electron chi connectivity index (χ3n) is 5.45. The molecule has 0 bridgehead atoms. The number of carbonyl (C=O) groups excluding carboxylic acids is 3. The summed E-state index contributed by atoms with van der Waals surface area (Å²) < 4.78 is 16.2. The first-order valence-electron chi connectivity index (χ1n) is 10.3. The number of halogens is 1. The van der Waals surface area contributed by atoms with Crippen molar-refractivity contribution in [2.45, 2.75) is 49.7 Å². The van der Waals surface area contributed by atoms with Gasteiger partial charge in [0.1, 0.15) is 6.61 Å². The van der Waals surface area contributed by atoms with Gasteiger partial charge in [-0.3, -0.25) is 9.59 Å². The molecule has 4 atom stereocenters. The van der Waals surface area contributed by atoms with Gasteiger partial charge in [-0.05, 0) is 46.8 Å². The number of unbranched alkanes of at least 4 members (excludes halogenated alkanes) is 1. The molecule has 2 amide bonds. The Morgan fingerprint density at radius 2 is 2.03 bits per heavy atom. The summed E-state index contributed by atoms with van der Waals surface area (Å²) in [5.41, 5.74) is 0.915. The molecular weight excluding hydrogens is 486 g/mol. The zero-order valence-electron chi connectivity index (χ0n) is 17.6. The van der Waals surface area contributed by atoms with Crippen LogP contribution < -0.4 is 0 Å². The lowest BCUT2D eigenvalue weighted by atomic mass is 9.98. The lowest BCUT2D eigenvalue weighted by molar-refractivity contribution is -0.227. The molecule has 9 nitrogen and oxygen atoms in total. The number of rotatable bonds is 9. The SMILES string of the molecule is CO[C@H](C(=O)N1C(=O)OC[C@@H]1Cc1ccccc1)[C@H]1O[C@](O)(CCCCO)C(Br)=CC1=O. The summed E-state index contributed by atoms with van der Waals surface area (Å²) in [6.45, 7) is -0.0370. The summed E-state index contributed by atoms with van der Waals surface area (Å²) in [5.74, 6) is -3.23. The molecule has 2 heterocycles. The van der Waals surface area contributed by atoms with Crippen LogP contribution in [0.25, 0.3) is 0 Å². The van der Waals surface area contributed by atoms with Crippen molar-refractivity contribution in [1.82, 2.24) is 4.90 Å². The van der Waals surface area contributed by atoms with Gasteiger partial charge in [-0.2, -0.15) is 0 Å². The van der Waals surface area contributed by atoms with Crippen molar-refractivity contribution in [3.63, 3.8) is 0 Å². The summed E-state index contributed by atoms with van der Waals surface area (Å²) in [6.07, 6.45) is -1.29. The van der Waals surface area contributed by atoms with Gasteiger partial charge in [0, 0.05) is 20.1 Å². The zero-order chi connectivity index (χ0) is 23.3. The number of cyclic esters (lactones) is 1. The fourth-order valence-corrected chi connectivity index (χ4v) is 4.29. The van der Waals surface area contributed by atoms with Crippen LogP contribution >= 0.6 is 15.9 Å². The summed E-state index contributed by atoms with van der Waals surface area (Å²) in [5, 5.41) is 19.9. The molecule has 2 aliphatic heterocycles. The standard InChI is InChI=1S/C22H26BrNO8/c1-30-19(18-16(26)12-17(23)22(29,32-18)9-5-6-10-25)20(27)24-15(13-31-21(24)28)11-14-7-3-2-4-8-14/h2-4,7-8,12,15,18-19,25,29H,5-6,9-11,13H2,1H3/t15-,18-,19-,22+/m0/s1. The predicted molar refractivity (Wildman–Crippen MR) is 116 cm³/mol. The molecule has 0 aliphatic carbocycles. The summed E-state index contributed by atoms with van der Waals surface area (Å²) >= 11 is 3.15. The highest BCUT2D eigenvalue weighted by Crippen LogP contribution is 2.36. The lowest BCUT2D eigenvalue weighted by Gasteiger charge is -2.38. The van der Waals surface area contributed by atoms with Crippen LogP contribution in [0.15, 0.2) is 40.9 Å². The molecule has 2 N–H and O–H groups in total. The maximum absolute atomic E-state index is 13.3. The van der Waals surface area contributed by atoms with E-state index in [0.29, 0.717) is 19.3 Å². The second kappa shape index (κ2) is 10.7. The van der Waals surface area contributed by atoms with Gasteiger partial charge in [-0.25, -0.2) is 9.69 Å². The second-order valence-corrected chi connectivity index (χ2v) is 8.54. The third-order valence-corrected chi connectivity index (χ3v) is 6.30. The van der Waals surface area contributed by atoms with Crippen molar-refractivity contribution in [1.29, 1.82) is 0 Å². The van der Waals surface area contributed by atoms with E-state index < -0.39 is 41.8 Å². The van der Waals surface area contributed by atoms with Crippen LogP contribution in [0.1, 0.15) is 24.8 Å². The summed E-state index contributed by atoms with van der Waals surface area (Å²) in [4.78, 5) is 39.3. The largest absolute Gasteiger partial charge is 0.447 e. The first-order valence-corrected chi connectivity index (χ1v) is 11.1. The molecule has 2 aliphatic rings. The molecule has 0 saturated carbocycles. The monoisotopic (exact) mass is 511 g/mol. The molecule has 1 aromatic carbocycles. The number of aliphatic hydroxyl groups is 2. The van der Waals surface area contributed by atoms with Crippen LogP contribution in [0, 0.1) is 0 Å². The number of ketones is 1. The number of hydrogen-bond acceptors (Lipinski definition) is 8. The maximum Gasteiger partial charge on any atom is 0.417 e. The normalized spacial score (nSPS) is 26.6.